The van der Waals surface area contributed by atoms with Gasteiger partial charge in [0.25, 0.3) is 0 Å². The monoisotopic (exact) mass is 263 g/mol. The third-order valence-electron chi connectivity index (χ3n) is 3.74. The van der Waals surface area contributed by atoms with E-state index in [1.165, 1.54) is 37.7 Å². The van der Waals surface area contributed by atoms with Crippen molar-refractivity contribution >= 4 is 0 Å². The van der Waals surface area contributed by atoms with E-state index in [0.29, 0.717) is 12.6 Å². The van der Waals surface area contributed by atoms with Crippen molar-refractivity contribution in [3.8, 4) is 5.75 Å². The van der Waals surface area contributed by atoms with Gasteiger partial charge in [-0.05, 0) is 37.5 Å². The molecule has 19 heavy (non-hydrogen) atoms. The first-order valence-electron chi connectivity index (χ1n) is 7.34. The topological polar surface area (TPSA) is 41.5 Å². The van der Waals surface area contributed by atoms with Crippen molar-refractivity contribution in [3.05, 3.63) is 29.8 Å². The zero-order valence-corrected chi connectivity index (χ0v) is 11.8. The molecular weight excluding hydrogens is 238 g/mol. The Morgan fingerprint density at radius 3 is 2.79 bits per heavy atom. The van der Waals surface area contributed by atoms with Gasteiger partial charge in [0.2, 0.25) is 0 Å². The molecule has 3 heteroatoms. The Labute approximate surface area is 116 Å². The van der Waals surface area contributed by atoms with E-state index in [9.17, 15) is 5.11 Å². The summed E-state index contributed by atoms with van der Waals surface area (Å²) in [6, 6.07) is 8.61. The van der Waals surface area contributed by atoms with Crippen molar-refractivity contribution in [1.82, 2.24) is 5.32 Å². The second kappa shape index (κ2) is 7.51. The normalized spacial score (nSPS) is 18.2. The molecule has 3 nitrogen and oxygen atoms in total. The highest BCUT2D eigenvalue weighted by atomic mass is 16.5. The number of aryl methyl sites for hydroxylation is 1. The molecule has 0 saturated heterocycles. The Kier molecular flexibility index (Phi) is 5.67. The molecule has 1 aliphatic rings. The van der Waals surface area contributed by atoms with Crippen LogP contribution in [0.1, 0.15) is 37.7 Å². The first kappa shape index (κ1) is 14.4. The molecule has 0 heterocycles. The lowest BCUT2D eigenvalue weighted by Gasteiger charge is -2.27. The molecular formula is C16H25NO2. The van der Waals surface area contributed by atoms with E-state index in [-0.39, 0.29) is 12.6 Å². The standard InChI is InChI=1S/C16H25NO2/c1-13-6-5-9-16(10-13)19-12-15(11-18)17-14-7-3-2-4-8-14/h5-6,9-10,14-15,17-18H,2-4,7-8,11-12H2,1H3. The van der Waals surface area contributed by atoms with Gasteiger partial charge in [-0.2, -0.15) is 0 Å². The summed E-state index contributed by atoms with van der Waals surface area (Å²) in [6.07, 6.45) is 6.40. The Morgan fingerprint density at radius 1 is 1.32 bits per heavy atom. The van der Waals surface area contributed by atoms with Gasteiger partial charge in [-0.25, -0.2) is 0 Å². The minimum Gasteiger partial charge on any atom is -0.492 e. The molecule has 1 aromatic carbocycles. The fourth-order valence-electron chi connectivity index (χ4n) is 2.66. The SMILES string of the molecule is Cc1cccc(OCC(CO)NC2CCCCC2)c1. The van der Waals surface area contributed by atoms with Crippen LogP contribution in [-0.2, 0) is 0 Å². The van der Waals surface area contributed by atoms with Crippen LogP contribution in [0, 0.1) is 6.92 Å². The number of ether oxygens (including phenoxy) is 1. The van der Waals surface area contributed by atoms with Crippen molar-refractivity contribution in [2.45, 2.75) is 51.1 Å². The maximum atomic E-state index is 9.45. The quantitative estimate of drug-likeness (QED) is 0.829. The van der Waals surface area contributed by atoms with Gasteiger partial charge in [-0.3, -0.25) is 0 Å². The number of hydrogen-bond donors (Lipinski definition) is 2. The minimum atomic E-state index is 0.0311. The molecule has 1 unspecified atom stereocenters. The van der Waals surface area contributed by atoms with Gasteiger partial charge in [-0.1, -0.05) is 31.4 Å². The number of nitrogens with one attached hydrogen (secondary N) is 1. The van der Waals surface area contributed by atoms with Gasteiger partial charge in [0.05, 0.1) is 12.6 Å². The van der Waals surface area contributed by atoms with Gasteiger partial charge >= 0.3 is 0 Å². The summed E-state index contributed by atoms with van der Waals surface area (Å²) >= 11 is 0. The summed E-state index contributed by atoms with van der Waals surface area (Å²) in [5.41, 5.74) is 1.19. The average molecular weight is 263 g/mol. The van der Waals surface area contributed by atoms with Gasteiger partial charge in [0, 0.05) is 6.04 Å². The van der Waals surface area contributed by atoms with Crippen LogP contribution in [-0.4, -0.2) is 30.4 Å². The predicted molar refractivity (Wildman–Crippen MR) is 77.6 cm³/mol. The molecule has 0 aromatic heterocycles. The molecule has 1 fully saturated rings. The summed E-state index contributed by atoms with van der Waals surface area (Å²) in [7, 11) is 0. The number of aliphatic hydroxyl groups is 1. The molecule has 106 valence electrons. The highest BCUT2D eigenvalue weighted by Gasteiger charge is 2.17. The molecule has 1 saturated carbocycles. The summed E-state index contributed by atoms with van der Waals surface area (Å²) in [5, 5.41) is 13.0. The van der Waals surface area contributed by atoms with E-state index < -0.39 is 0 Å². The maximum absolute atomic E-state index is 9.45. The van der Waals surface area contributed by atoms with E-state index in [2.05, 4.69) is 18.3 Å². The van der Waals surface area contributed by atoms with Crippen LogP contribution in [0.4, 0.5) is 0 Å². The molecule has 1 aromatic rings. The van der Waals surface area contributed by atoms with Gasteiger partial charge in [0.15, 0.2) is 0 Å². The van der Waals surface area contributed by atoms with E-state index in [4.69, 9.17) is 4.74 Å². The lowest BCUT2D eigenvalue weighted by molar-refractivity contribution is 0.165. The molecule has 0 radical (unpaired) electrons. The van der Waals surface area contributed by atoms with Crippen molar-refractivity contribution in [1.29, 1.82) is 0 Å². The second-order valence-corrected chi connectivity index (χ2v) is 5.51. The molecule has 1 atom stereocenters. The molecule has 0 amide bonds. The Hall–Kier alpha value is -1.06. The largest absolute Gasteiger partial charge is 0.492 e. The van der Waals surface area contributed by atoms with E-state index in [1.807, 2.05) is 18.2 Å². The first-order valence-corrected chi connectivity index (χ1v) is 7.34. The molecule has 2 rings (SSSR count). The van der Waals surface area contributed by atoms with Crippen LogP contribution in [0.2, 0.25) is 0 Å². The van der Waals surface area contributed by atoms with E-state index in [0.717, 1.165) is 5.75 Å². The molecule has 0 bridgehead atoms. The van der Waals surface area contributed by atoms with E-state index >= 15 is 0 Å². The van der Waals surface area contributed by atoms with Crippen LogP contribution in [0.3, 0.4) is 0 Å². The van der Waals surface area contributed by atoms with Crippen LogP contribution < -0.4 is 10.1 Å². The molecule has 0 aliphatic heterocycles. The van der Waals surface area contributed by atoms with Crippen LogP contribution >= 0.6 is 0 Å². The fourth-order valence-corrected chi connectivity index (χ4v) is 2.66. The smallest absolute Gasteiger partial charge is 0.119 e. The van der Waals surface area contributed by atoms with E-state index in [1.54, 1.807) is 0 Å². The second-order valence-electron chi connectivity index (χ2n) is 5.51. The Morgan fingerprint density at radius 2 is 2.11 bits per heavy atom. The molecule has 1 aliphatic carbocycles. The summed E-state index contributed by atoms with van der Waals surface area (Å²) in [5.74, 6) is 0.879. The predicted octanol–water partition coefficient (Wildman–Crippen LogP) is 2.66. The average Bonchev–Trinajstić information content (AvgIpc) is 2.44. The Balaban J connectivity index is 1.78. The molecule has 2 N–H and O–H groups in total. The minimum absolute atomic E-state index is 0.0311. The van der Waals surface area contributed by atoms with Gasteiger partial charge < -0.3 is 15.2 Å². The lowest BCUT2D eigenvalue weighted by atomic mass is 9.95. The molecule has 0 spiro atoms. The van der Waals surface area contributed by atoms with Crippen molar-refractivity contribution in [3.63, 3.8) is 0 Å². The van der Waals surface area contributed by atoms with Crippen LogP contribution in [0.15, 0.2) is 24.3 Å². The van der Waals surface area contributed by atoms with Crippen LogP contribution in [0.5, 0.6) is 5.75 Å². The Bertz CT molecular complexity index is 375. The maximum Gasteiger partial charge on any atom is 0.119 e. The third kappa shape index (κ3) is 4.84. The van der Waals surface area contributed by atoms with Gasteiger partial charge in [-0.15, -0.1) is 0 Å². The summed E-state index contributed by atoms with van der Waals surface area (Å²) in [4.78, 5) is 0. The highest BCUT2D eigenvalue weighted by molar-refractivity contribution is 5.27. The van der Waals surface area contributed by atoms with Crippen molar-refractivity contribution in [2.75, 3.05) is 13.2 Å². The van der Waals surface area contributed by atoms with Crippen molar-refractivity contribution in [2.24, 2.45) is 0 Å². The fraction of sp³-hybridized carbons (Fsp3) is 0.625. The summed E-state index contributed by atoms with van der Waals surface area (Å²) < 4.78 is 5.76. The number of benzene rings is 1. The van der Waals surface area contributed by atoms with Crippen LogP contribution in [0.25, 0.3) is 0 Å². The number of hydrogen-bond acceptors (Lipinski definition) is 3. The zero-order chi connectivity index (χ0) is 13.5. The van der Waals surface area contributed by atoms with Crippen molar-refractivity contribution < 1.29 is 9.84 Å². The zero-order valence-electron chi connectivity index (χ0n) is 11.8. The summed E-state index contributed by atoms with van der Waals surface area (Å²) in [6.45, 7) is 2.70. The number of rotatable bonds is 6. The first-order chi connectivity index (χ1) is 9.28. The number of aliphatic hydroxyl groups excluding tert-OH is 1. The third-order valence-corrected chi connectivity index (χ3v) is 3.74. The lowest BCUT2D eigenvalue weighted by Crippen LogP contribution is -2.44. The highest BCUT2D eigenvalue weighted by Crippen LogP contribution is 2.18. The van der Waals surface area contributed by atoms with Gasteiger partial charge in [0.1, 0.15) is 12.4 Å².